The SMILES string of the molecule is O[C@H](CNCC12CC3CC(CC(C3)C1)C2)C1CCCCC1. The van der Waals surface area contributed by atoms with Crippen LogP contribution in [0.15, 0.2) is 0 Å². The Labute approximate surface area is 130 Å². The second-order valence-corrected chi connectivity index (χ2v) is 9.01. The Balaban J connectivity index is 1.27. The zero-order chi connectivity index (χ0) is 14.3. The molecule has 2 N–H and O–H groups in total. The summed E-state index contributed by atoms with van der Waals surface area (Å²) in [6.45, 7) is 2.02. The van der Waals surface area contributed by atoms with Gasteiger partial charge in [0.2, 0.25) is 0 Å². The fourth-order valence-corrected chi connectivity index (χ4v) is 6.68. The van der Waals surface area contributed by atoms with Crippen LogP contribution < -0.4 is 5.32 Å². The summed E-state index contributed by atoms with van der Waals surface area (Å²) in [7, 11) is 0. The fraction of sp³-hybridized carbons (Fsp3) is 1.00. The highest BCUT2D eigenvalue weighted by Crippen LogP contribution is 2.59. The van der Waals surface area contributed by atoms with Crippen molar-refractivity contribution in [2.24, 2.45) is 29.1 Å². The van der Waals surface area contributed by atoms with Gasteiger partial charge in [-0.05, 0) is 80.5 Å². The molecule has 5 saturated carbocycles. The second-order valence-electron chi connectivity index (χ2n) is 9.01. The average molecular weight is 291 g/mol. The van der Waals surface area contributed by atoms with Crippen molar-refractivity contribution in [3.05, 3.63) is 0 Å². The predicted octanol–water partition coefficient (Wildman–Crippen LogP) is 3.73. The van der Waals surface area contributed by atoms with E-state index < -0.39 is 0 Å². The van der Waals surface area contributed by atoms with E-state index in [-0.39, 0.29) is 6.10 Å². The number of aliphatic hydroxyl groups excluding tert-OH is 1. The van der Waals surface area contributed by atoms with Crippen molar-refractivity contribution in [3.63, 3.8) is 0 Å². The van der Waals surface area contributed by atoms with Crippen LogP contribution in [0.2, 0.25) is 0 Å². The maximum absolute atomic E-state index is 10.4. The summed E-state index contributed by atoms with van der Waals surface area (Å²) < 4.78 is 0. The van der Waals surface area contributed by atoms with Crippen molar-refractivity contribution in [1.82, 2.24) is 5.32 Å². The van der Waals surface area contributed by atoms with Crippen molar-refractivity contribution in [2.75, 3.05) is 13.1 Å². The molecule has 5 aliphatic rings. The fourth-order valence-electron chi connectivity index (χ4n) is 6.68. The first-order valence-corrected chi connectivity index (χ1v) is 9.61. The van der Waals surface area contributed by atoms with Gasteiger partial charge in [-0.25, -0.2) is 0 Å². The second kappa shape index (κ2) is 5.85. The third-order valence-corrected chi connectivity index (χ3v) is 7.21. The minimum Gasteiger partial charge on any atom is -0.392 e. The summed E-state index contributed by atoms with van der Waals surface area (Å²) >= 11 is 0. The van der Waals surface area contributed by atoms with E-state index in [2.05, 4.69) is 5.32 Å². The van der Waals surface area contributed by atoms with Crippen LogP contribution in [0.3, 0.4) is 0 Å². The van der Waals surface area contributed by atoms with Crippen molar-refractivity contribution < 1.29 is 5.11 Å². The zero-order valence-corrected chi connectivity index (χ0v) is 13.5. The van der Waals surface area contributed by atoms with Crippen molar-refractivity contribution in [3.8, 4) is 0 Å². The number of hydrogen-bond acceptors (Lipinski definition) is 2. The predicted molar refractivity (Wildman–Crippen MR) is 86.1 cm³/mol. The molecule has 0 amide bonds. The van der Waals surface area contributed by atoms with E-state index in [9.17, 15) is 5.11 Å². The van der Waals surface area contributed by atoms with E-state index in [0.29, 0.717) is 11.3 Å². The van der Waals surface area contributed by atoms with E-state index >= 15 is 0 Å². The molecule has 5 aliphatic carbocycles. The molecule has 0 aliphatic heterocycles. The first-order valence-electron chi connectivity index (χ1n) is 9.61. The lowest BCUT2D eigenvalue weighted by molar-refractivity contribution is -0.0528. The molecule has 0 aromatic heterocycles. The molecule has 2 heteroatoms. The van der Waals surface area contributed by atoms with Gasteiger partial charge in [0, 0.05) is 13.1 Å². The number of hydrogen-bond donors (Lipinski definition) is 2. The van der Waals surface area contributed by atoms with Gasteiger partial charge in [-0.3, -0.25) is 0 Å². The quantitative estimate of drug-likeness (QED) is 0.809. The van der Waals surface area contributed by atoms with E-state index in [4.69, 9.17) is 0 Å². The van der Waals surface area contributed by atoms with Gasteiger partial charge in [0.05, 0.1) is 6.10 Å². The van der Waals surface area contributed by atoms with Gasteiger partial charge in [-0.2, -0.15) is 0 Å². The third kappa shape index (κ3) is 3.03. The van der Waals surface area contributed by atoms with E-state index in [1.54, 1.807) is 0 Å². The number of rotatable bonds is 5. The van der Waals surface area contributed by atoms with Crippen molar-refractivity contribution in [2.45, 2.75) is 76.7 Å². The minimum atomic E-state index is -0.0980. The molecular formula is C19H33NO. The first-order chi connectivity index (χ1) is 10.2. The highest BCUT2D eigenvalue weighted by atomic mass is 16.3. The molecule has 120 valence electrons. The van der Waals surface area contributed by atoms with Crippen LogP contribution in [-0.4, -0.2) is 24.3 Å². The Hall–Kier alpha value is -0.0800. The lowest BCUT2D eigenvalue weighted by atomic mass is 9.49. The largest absolute Gasteiger partial charge is 0.392 e. The van der Waals surface area contributed by atoms with Crippen LogP contribution in [0.25, 0.3) is 0 Å². The Morgan fingerprint density at radius 3 is 2.05 bits per heavy atom. The molecule has 2 nitrogen and oxygen atoms in total. The standard InChI is InChI=1S/C19H33NO/c21-18(17-4-2-1-3-5-17)12-20-13-19-9-14-6-15(10-19)8-16(7-14)11-19/h14-18,20-21H,1-13H2/t14?,15?,16?,18-,19?/m1/s1. The molecule has 0 unspecified atom stereocenters. The molecule has 5 rings (SSSR count). The van der Waals surface area contributed by atoms with Crippen LogP contribution in [0.4, 0.5) is 0 Å². The smallest absolute Gasteiger partial charge is 0.0692 e. The highest BCUT2D eigenvalue weighted by Gasteiger charge is 2.50. The average Bonchev–Trinajstić information content (AvgIpc) is 2.46. The van der Waals surface area contributed by atoms with E-state index in [0.717, 1.165) is 24.3 Å². The number of nitrogens with one attached hydrogen (secondary N) is 1. The van der Waals surface area contributed by atoms with Crippen LogP contribution in [0, 0.1) is 29.1 Å². The van der Waals surface area contributed by atoms with E-state index in [1.807, 2.05) is 0 Å². The lowest BCUT2D eigenvalue weighted by Gasteiger charge is -2.57. The molecule has 0 aromatic carbocycles. The summed E-state index contributed by atoms with van der Waals surface area (Å²) in [5.74, 6) is 3.70. The van der Waals surface area contributed by atoms with Gasteiger partial charge < -0.3 is 10.4 Å². The van der Waals surface area contributed by atoms with Gasteiger partial charge in [0.1, 0.15) is 0 Å². The third-order valence-electron chi connectivity index (χ3n) is 7.21. The Bertz CT molecular complexity index is 325. The molecule has 0 spiro atoms. The summed E-state index contributed by atoms with van der Waals surface area (Å²) in [5.41, 5.74) is 0.612. The van der Waals surface area contributed by atoms with Crippen LogP contribution in [0.1, 0.15) is 70.6 Å². The number of aliphatic hydroxyl groups is 1. The van der Waals surface area contributed by atoms with Gasteiger partial charge in [0.25, 0.3) is 0 Å². The van der Waals surface area contributed by atoms with E-state index in [1.165, 1.54) is 77.2 Å². The van der Waals surface area contributed by atoms with Crippen molar-refractivity contribution >= 4 is 0 Å². The first kappa shape index (κ1) is 14.5. The normalized spacial score (nSPS) is 44.1. The maximum Gasteiger partial charge on any atom is 0.0692 e. The Kier molecular flexibility index (Phi) is 4.04. The Morgan fingerprint density at radius 1 is 0.905 bits per heavy atom. The molecule has 0 radical (unpaired) electrons. The monoisotopic (exact) mass is 291 g/mol. The summed E-state index contributed by atoms with van der Waals surface area (Å²) in [6, 6.07) is 0. The van der Waals surface area contributed by atoms with Crippen LogP contribution in [0.5, 0.6) is 0 Å². The van der Waals surface area contributed by atoms with Gasteiger partial charge in [-0.15, -0.1) is 0 Å². The van der Waals surface area contributed by atoms with Gasteiger partial charge in [0.15, 0.2) is 0 Å². The molecule has 21 heavy (non-hydrogen) atoms. The van der Waals surface area contributed by atoms with Crippen molar-refractivity contribution in [1.29, 1.82) is 0 Å². The lowest BCUT2D eigenvalue weighted by Crippen LogP contribution is -2.51. The topological polar surface area (TPSA) is 32.3 Å². The molecule has 0 aromatic rings. The summed E-state index contributed by atoms with van der Waals surface area (Å²) in [5, 5.41) is 14.1. The summed E-state index contributed by atoms with van der Waals surface area (Å²) in [4.78, 5) is 0. The van der Waals surface area contributed by atoms with Crippen LogP contribution >= 0.6 is 0 Å². The maximum atomic E-state index is 10.4. The molecule has 1 atom stereocenters. The minimum absolute atomic E-state index is 0.0980. The molecule has 0 saturated heterocycles. The zero-order valence-electron chi connectivity index (χ0n) is 13.5. The molecule has 4 bridgehead atoms. The Morgan fingerprint density at radius 2 is 1.48 bits per heavy atom. The summed E-state index contributed by atoms with van der Waals surface area (Å²) in [6.07, 6.45) is 15.5. The molecule has 0 heterocycles. The van der Waals surface area contributed by atoms with Gasteiger partial charge in [-0.1, -0.05) is 19.3 Å². The molecule has 5 fully saturated rings. The van der Waals surface area contributed by atoms with Gasteiger partial charge >= 0.3 is 0 Å². The molecular weight excluding hydrogens is 258 g/mol. The highest BCUT2D eigenvalue weighted by molar-refractivity contribution is 5.02. The van der Waals surface area contributed by atoms with Crippen LogP contribution in [-0.2, 0) is 0 Å².